The summed E-state index contributed by atoms with van der Waals surface area (Å²) in [6.45, 7) is 24.1. The Hall–Kier alpha value is -1.11. The summed E-state index contributed by atoms with van der Waals surface area (Å²) < 4.78 is 0. The average molecular weight is 523 g/mol. The van der Waals surface area contributed by atoms with Crippen LogP contribution in [-0.4, -0.2) is 37.8 Å². The minimum atomic E-state index is 1.02. The molecule has 0 aromatic rings. The van der Waals surface area contributed by atoms with E-state index in [1.807, 2.05) is 53.3 Å². The summed E-state index contributed by atoms with van der Waals surface area (Å²) in [5.74, 6) is 1.08. The zero-order valence-electron chi connectivity index (χ0n) is 26.2. The van der Waals surface area contributed by atoms with Crippen molar-refractivity contribution in [2.24, 2.45) is 0 Å². The van der Waals surface area contributed by atoms with E-state index in [0.717, 1.165) is 43.1 Å². The fourth-order valence-electron chi connectivity index (χ4n) is 3.17. The minimum Gasteiger partial charge on any atom is -0.373 e. The lowest BCUT2D eigenvalue weighted by Gasteiger charge is -2.11. The van der Waals surface area contributed by atoms with Gasteiger partial charge in [0.15, 0.2) is 0 Å². The van der Waals surface area contributed by atoms with Crippen LogP contribution < -0.4 is 5.32 Å². The van der Waals surface area contributed by atoms with Crippen LogP contribution in [0.1, 0.15) is 132 Å². The normalized spacial score (nSPS) is 9.61. The van der Waals surface area contributed by atoms with Crippen LogP contribution in [0.3, 0.4) is 0 Å². The first-order valence-corrected chi connectivity index (χ1v) is 16.1. The Kier molecular flexibility index (Phi) is 47.9. The SMILES string of the molecule is C=C=C(CC/C=C\CCCCCC)CCCCCCCNC(=C=C)SCCN(C)C.CC.CC.CC. The van der Waals surface area contributed by atoms with E-state index in [4.69, 9.17) is 0 Å². The molecule has 0 amide bonds. The molecular weight excluding hydrogens is 456 g/mol. The summed E-state index contributed by atoms with van der Waals surface area (Å²) in [5, 5.41) is 4.56. The van der Waals surface area contributed by atoms with Gasteiger partial charge in [0.05, 0.1) is 0 Å². The lowest BCUT2D eigenvalue weighted by Crippen LogP contribution is -2.17. The zero-order valence-corrected chi connectivity index (χ0v) is 27.1. The average Bonchev–Trinajstić information content (AvgIpc) is 2.92. The third-order valence-corrected chi connectivity index (χ3v) is 6.10. The van der Waals surface area contributed by atoms with Crippen LogP contribution in [0.4, 0.5) is 0 Å². The van der Waals surface area contributed by atoms with Gasteiger partial charge in [0.2, 0.25) is 0 Å². The first-order chi connectivity index (χ1) is 17.6. The van der Waals surface area contributed by atoms with Crippen molar-refractivity contribution in [3.05, 3.63) is 47.4 Å². The van der Waals surface area contributed by atoms with E-state index >= 15 is 0 Å². The molecule has 1 N–H and O–H groups in total. The second kappa shape index (κ2) is 41.0. The van der Waals surface area contributed by atoms with E-state index in [1.54, 1.807) is 0 Å². The first-order valence-electron chi connectivity index (χ1n) is 15.1. The van der Waals surface area contributed by atoms with Gasteiger partial charge in [0, 0.05) is 18.8 Å². The standard InChI is InChI=1S/C27H48N2S.3C2H6/c1-6-9-10-11-12-13-15-18-21-26(7-2)22-19-16-14-17-20-23-28-27(8-3)30-25-24-29(4)5;3*1-2/h13,15,28H,2-3,6,9-12,14,16-25H2,1,4-5H3;3*1-2H3/b15-13-;;;. The molecule has 0 atom stereocenters. The monoisotopic (exact) mass is 522 g/mol. The number of rotatable bonds is 21. The molecule has 0 aliphatic carbocycles. The molecule has 0 spiro atoms. The molecule has 0 aliphatic rings. The number of unbranched alkanes of at least 4 members (excludes halogenated alkanes) is 8. The number of thioether (sulfide) groups is 1. The van der Waals surface area contributed by atoms with Gasteiger partial charge < -0.3 is 10.2 Å². The highest BCUT2D eigenvalue weighted by Crippen LogP contribution is 2.16. The van der Waals surface area contributed by atoms with Gasteiger partial charge in [0.25, 0.3) is 0 Å². The van der Waals surface area contributed by atoms with E-state index in [2.05, 4.69) is 68.0 Å². The highest BCUT2D eigenvalue weighted by molar-refractivity contribution is 8.03. The van der Waals surface area contributed by atoms with Crippen molar-refractivity contribution in [1.29, 1.82) is 0 Å². The molecule has 0 aromatic carbocycles. The number of allylic oxidation sites excluding steroid dienone is 3. The molecule has 0 heterocycles. The van der Waals surface area contributed by atoms with E-state index < -0.39 is 0 Å². The Labute approximate surface area is 233 Å². The first kappa shape index (κ1) is 42.0. The summed E-state index contributed by atoms with van der Waals surface area (Å²) in [7, 11) is 4.21. The molecule has 0 saturated carbocycles. The molecule has 0 saturated heterocycles. The Bertz CT molecular complexity index is 524. The number of hydrogen-bond acceptors (Lipinski definition) is 3. The molecular formula is C33H66N2S. The summed E-state index contributed by atoms with van der Waals surface area (Å²) in [6.07, 6.45) is 21.2. The third kappa shape index (κ3) is 37.4. The highest BCUT2D eigenvalue weighted by Gasteiger charge is 1.99. The maximum Gasteiger partial charge on any atom is 0.111 e. The van der Waals surface area contributed by atoms with Crippen LogP contribution in [0.2, 0.25) is 0 Å². The summed E-state index contributed by atoms with van der Waals surface area (Å²) in [4.78, 5) is 2.20. The van der Waals surface area contributed by atoms with Gasteiger partial charge in [-0.15, -0.1) is 5.73 Å². The molecule has 214 valence electrons. The number of hydrogen-bond donors (Lipinski definition) is 1. The third-order valence-electron chi connectivity index (χ3n) is 5.14. The van der Waals surface area contributed by atoms with Crippen molar-refractivity contribution in [3.63, 3.8) is 0 Å². The van der Waals surface area contributed by atoms with Crippen molar-refractivity contribution in [3.8, 4) is 0 Å². The van der Waals surface area contributed by atoms with Gasteiger partial charge in [-0.3, -0.25) is 0 Å². The molecule has 3 heteroatoms. The maximum absolute atomic E-state index is 3.89. The predicted molar refractivity (Wildman–Crippen MR) is 173 cm³/mol. The molecule has 0 aliphatic heterocycles. The maximum atomic E-state index is 3.89. The molecule has 0 unspecified atom stereocenters. The van der Waals surface area contributed by atoms with Crippen LogP contribution >= 0.6 is 11.8 Å². The van der Waals surface area contributed by atoms with Gasteiger partial charge in [-0.05, 0) is 64.6 Å². The summed E-state index contributed by atoms with van der Waals surface area (Å²) >= 11 is 1.81. The van der Waals surface area contributed by atoms with Crippen LogP contribution in [-0.2, 0) is 0 Å². The van der Waals surface area contributed by atoms with Crippen molar-refractivity contribution in [1.82, 2.24) is 10.2 Å². The number of nitrogens with one attached hydrogen (secondary N) is 1. The second-order valence-corrected chi connectivity index (χ2v) is 9.35. The van der Waals surface area contributed by atoms with Crippen molar-refractivity contribution in [2.75, 3.05) is 32.9 Å². The van der Waals surface area contributed by atoms with E-state index in [0.29, 0.717) is 0 Å². The van der Waals surface area contributed by atoms with Gasteiger partial charge in [0.1, 0.15) is 5.03 Å². The Morgan fingerprint density at radius 2 is 1.33 bits per heavy atom. The Morgan fingerprint density at radius 1 is 0.750 bits per heavy atom. The van der Waals surface area contributed by atoms with Crippen LogP contribution in [0.15, 0.2) is 47.4 Å². The van der Waals surface area contributed by atoms with E-state index in [-0.39, 0.29) is 0 Å². The molecule has 0 radical (unpaired) electrons. The number of nitrogens with zero attached hydrogens (tertiary/aromatic N) is 1. The highest BCUT2D eigenvalue weighted by atomic mass is 32.2. The van der Waals surface area contributed by atoms with E-state index in [9.17, 15) is 0 Å². The fourth-order valence-corrected chi connectivity index (χ4v) is 4.14. The van der Waals surface area contributed by atoms with Gasteiger partial charge in [-0.25, -0.2) is 0 Å². The molecule has 36 heavy (non-hydrogen) atoms. The second-order valence-electron chi connectivity index (χ2n) is 8.24. The smallest absolute Gasteiger partial charge is 0.111 e. The molecule has 0 bridgehead atoms. The summed E-state index contributed by atoms with van der Waals surface area (Å²) in [6, 6.07) is 0. The van der Waals surface area contributed by atoms with Gasteiger partial charge in [-0.2, -0.15) is 0 Å². The molecule has 0 rings (SSSR count). The predicted octanol–water partition coefficient (Wildman–Crippen LogP) is 10.9. The van der Waals surface area contributed by atoms with E-state index in [1.165, 1.54) is 69.8 Å². The van der Waals surface area contributed by atoms with Crippen LogP contribution in [0.5, 0.6) is 0 Å². The zero-order chi connectivity index (χ0) is 28.3. The minimum absolute atomic E-state index is 1.02. The van der Waals surface area contributed by atoms with Crippen molar-refractivity contribution in [2.45, 2.75) is 132 Å². The largest absolute Gasteiger partial charge is 0.373 e. The summed E-state index contributed by atoms with van der Waals surface area (Å²) in [5.41, 5.74) is 7.60. The lowest BCUT2D eigenvalue weighted by molar-refractivity contribution is 0.437. The topological polar surface area (TPSA) is 15.3 Å². The molecule has 0 aromatic heterocycles. The van der Waals surface area contributed by atoms with Crippen LogP contribution in [0.25, 0.3) is 0 Å². The Balaban J connectivity index is -0.000000787. The fraction of sp³-hybridized carbons (Fsp3) is 0.758. The van der Waals surface area contributed by atoms with Gasteiger partial charge in [-0.1, -0.05) is 130 Å². The Morgan fingerprint density at radius 3 is 1.92 bits per heavy atom. The van der Waals surface area contributed by atoms with Crippen LogP contribution in [0, 0.1) is 0 Å². The lowest BCUT2D eigenvalue weighted by atomic mass is 10.0. The quantitative estimate of drug-likeness (QED) is 0.0916. The molecule has 0 fully saturated rings. The molecule has 2 nitrogen and oxygen atoms in total. The van der Waals surface area contributed by atoms with Crippen molar-refractivity contribution >= 4 is 11.8 Å². The van der Waals surface area contributed by atoms with Gasteiger partial charge >= 0.3 is 0 Å². The van der Waals surface area contributed by atoms with Crippen molar-refractivity contribution < 1.29 is 0 Å².